The molecule has 1 rings (SSSR count). The van der Waals surface area contributed by atoms with Gasteiger partial charge in [0, 0.05) is 4.83 Å². The molecule has 0 aromatic heterocycles. The highest BCUT2D eigenvalue weighted by Gasteiger charge is 2.26. The minimum Gasteiger partial charge on any atom is -0.247 e. The minimum absolute atomic E-state index is 0.336. The summed E-state index contributed by atoms with van der Waals surface area (Å²) in [5, 5.41) is 0. The van der Waals surface area contributed by atoms with E-state index in [4.69, 9.17) is 0 Å². The first kappa shape index (κ1) is 10.5. The highest BCUT2D eigenvalue weighted by Crippen LogP contribution is 2.33. The Hall–Kier alpha value is 0.410. The van der Waals surface area contributed by atoms with Crippen molar-refractivity contribution >= 4 is 15.9 Å². The molecule has 1 saturated carbocycles. The zero-order valence-corrected chi connectivity index (χ0v) is 9.32. The molecule has 0 bridgehead atoms. The summed E-state index contributed by atoms with van der Waals surface area (Å²) in [5.41, 5.74) is 0. The van der Waals surface area contributed by atoms with Gasteiger partial charge in [0.15, 0.2) is 0 Å². The molecule has 72 valence electrons. The van der Waals surface area contributed by atoms with Crippen molar-refractivity contribution in [2.75, 3.05) is 0 Å². The molecular formula is C10H18BrF. The van der Waals surface area contributed by atoms with E-state index in [0.29, 0.717) is 10.7 Å². The van der Waals surface area contributed by atoms with Crippen molar-refractivity contribution < 1.29 is 4.39 Å². The molecule has 2 heteroatoms. The van der Waals surface area contributed by atoms with Gasteiger partial charge in [0.25, 0.3) is 0 Å². The van der Waals surface area contributed by atoms with Gasteiger partial charge in [0.1, 0.15) is 6.17 Å². The van der Waals surface area contributed by atoms with Crippen molar-refractivity contribution in [2.24, 2.45) is 5.92 Å². The number of hydrogen-bond acceptors (Lipinski definition) is 0. The fraction of sp³-hybridized carbons (Fsp3) is 1.00. The van der Waals surface area contributed by atoms with Gasteiger partial charge < -0.3 is 0 Å². The second kappa shape index (κ2) is 5.21. The molecule has 0 aromatic rings. The van der Waals surface area contributed by atoms with Gasteiger partial charge in [-0.05, 0) is 31.6 Å². The zero-order chi connectivity index (χ0) is 8.97. The van der Waals surface area contributed by atoms with Crippen molar-refractivity contribution in [3.63, 3.8) is 0 Å². The average Bonchev–Trinajstić information content (AvgIpc) is 2.05. The Morgan fingerprint density at radius 1 is 1.50 bits per heavy atom. The number of alkyl halides is 2. The van der Waals surface area contributed by atoms with Crippen LogP contribution in [0, 0.1) is 5.92 Å². The molecule has 12 heavy (non-hydrogen) atoms. The van der Waals surface area contributed by atoms with Crippen LogP contribution in [-0.2, 0) is 0 Å². The lowest BCUT2D eigenvalue weighted by molar-refractivity contribution is 0.173. The Balaban J connectivity index is 2.29. The van der Waals surface area contributed by atoms with Crippen LogP contribution < -0.4 is 0 Å². The van der Waals surface area contributed by atoms with Gasteiger partial charge in [-0.15, -0.1) is 0 Å². The zero-order valence-electron chi connectivity index (χ0n) is 7.73. The highest BCUT2D eigenvalue weighted by molar-refractivity contribution is 9.09. The third kappa shape index (κ3) is 3.04. The molecule has 0 nitrogen and oxygen atoms in total. The smallest absolute Gasteiger partial charge is 0.103 e. The van der Waals surface area contributed by atoms with E-state index in [-0.39, 0.29) is 0 Å². The van der Waals surface area contributed by atoms with Gasteiger partial charge in [0.05, 0.1) is 0 Å². The van der Waals surface area contributed by atoms with Crippen molar-refractivity contribution in [2.45, 2.75) is 56.4 Å². The Morgan fingerprint density at radius 2 is 2.25 bits per heavy atom. The van der Waals surface area contributed by atoms with Gasteiger partial charge in [-0.2, -0.15) is 0 Å². The van der Waals surface area contributed by atoms with E-state index in [0.717, 1.165) is 25.7 Å². The van der Waals surface area contributed by atoms with Crippen LogP contribution in [0.2, 0.25) is 0 Å². The van der Waals surface area contributed by atoms with Crippen molar-refractivity contribution in [1.82, 2.24) is 0 Å². The van der Waals surface area contributed by atoms with Gasteiger partial charge >= 0.3 is 0 Å². The van der Waals surface area contributed by atoms with Crippen LogP contribution in [0.1, 0.15) is 45.4 Å². The lowest BCUT2D eigenvalue weighted by Crippen LogP contribution is -2.23. The van der Waals surface area contributed by atoms with Crippen LogP contribution in [0.25, 0.3) is 0 Å². The van der Waals surface area contributed by atoms with E-state index in [1.54, 1.807) is 0 Å². The largest absolute Gasteiger partial charge is 0.247 e. The maximum atomic E-state index is 13.4. The van der Waals surface area contributed by atoms with Crippen molar-refractivity contribution in [3.8, 4) is 0 Å². The summed E-state index contributed by atoms with van der Waals surface area (Å²) in [6.07, 6.45) is 5.76. The van der Waals surface area contributed by atoms with Crippen LogP contribution in [0.5, 0.6) is 0 Å². The molecule has 1 aliphatic carbocycles. The number of halogens is 2. The third-order valence-electron chi connectivity index (χ3n) is 2.73. The SMILES string of the molecule is CCCC(F)C1CCCC(Br)C1. The van der Waals surface area contributed by atoms with Crippen molar-refractivity contribution in [3.05, 3.63) is 0 Å². The van der Waals surface area contributed by atoms with Gasteiger partial charge in [-0.3, -0.25) is 0 Å². The van der Waals surface area contributed by atoms with Crippen molar-refractivity contribution in [1.29, 1.82) is 0 Å². The van der Waals surface area contributed by atoms with Crippen LogP contribution in [0.4, 0.5) is 4.39 Å². The maximum absolute atomic E-state index is 13.4. The van der Waals surface area contributed by atoms with E-state index >= 15 is 0 Å². The van der Waals surface area contributed by atoms with E-state index in [2.05, 4.69) is 22.9 Å². The van der Waals surface area contributed by atoms with Gasteiger partial charge in [-0.25, -0.2) is 4.39 Å². The van der Waals surface area contributed by atoms with Crippen LogP contribution in [0.3, 0.4) is 0 Å². The summed E-state index contributed by atoms with van der Waals surface area (Å²) in [7, 11) is 0. The Labute approximate surface area is 83.1 Å². The summed E-state index contributed by atoms with van der Waals surface area (Å²) < 4.78 is 13.4. The fourth-order valence-electron chi connectivity index (χ4n) is 2.01. The maximum Gasteiger partial charge on any atom is 0.103 e. The Bertz CT molecular complexity index is 127. The van der Waals surface area contributed by atoms with Gasteiger partial charge in [0.2, 0.25) is 0 Å². The van der Waals surface area contributed by atoms with Crippen LogP contribution in [-0.4, -0.2) is 11.0 Å². The molecule has 0 saturated heterocycles. The lowest BCUT2D eigenvalue weighted by atomic mass is 9.84. The molecule has 0 amide bonds. The molecule has 3 atom stereocenters. The minimum atomic E-state index is -0.546. The first-order valence-electron chi connectivity index (χ1n) is 5.02. The summed E-state index contributed by atoms with van der Waals surface area (Å²) in [6.45, 7) is 2.06. The molecular weight excluding hydrogens is 219 g/mol. The molecule has 0 radical (unpaired) electrons. The number of rotatable bonds is 3. The predicted molar refractivity (Wildman–Crippen MR) is 54.5 cm³/mol. The highest BCUT2D eigenvalue weighted by atomic mass is 79.9. The van der Waals surface area contributed by atoms with E-state index in [9.17, 15) is 4.39 Å². The summed E-state index contributed by atoms with van der Waals surface area (Å²) in [4.78, 5) is 0.575. The molecule has 0 heterocycles. The van der Waals surface area contributed by atoms with E-state index in [1.165, 1.54) is 12.8 Å². The molecule has 3 unspecified atom stereocenters. The molecule has 1 fully saturated rings. The topological polar surface area (TPSA) is 0 Å². The standard InChI is InChI=1S/C10H18BrF/c1-2-4-10(12)8-5-3-6-9(11)7-8/h8-10H,2-7H2,1H3. The lowest BCUT2D eigenvalue weighted by Gasteiger charge is -2.28. The van der Waals surface area contributed by atoms with E-state index < -0.39 is 6.17 Å². The molecule has 0 spiro atoms. The first-order chi connectivity index (χ1) is 5.74. The summed E-state index contributed by atoms with van der Waals surface area (Å²) in [6, 6.07) is 0. The fourth-order valence-corrected chi connectivity index (χ4v) is 2.81. The van der Waals surface area contributed by atoms with Crippen LogP contribution >= 0.6 is 15.9 Å². The normalized spacial score (nSPS) is 33.2. The summed E-state index contributed by atoms with van der Waals surface area (Å²) >= 11 is 3.58. The summed E-state index contributed by atoms with van der Waals surface area (Å²) in [5.74, 6) is 0.336. The average molecular weight is 237 g/mol. The molecule has 0 N–H and O–H groups in total. The Kier molecular flexibility index (Phi) is 4.55. The second-order valence-corrected chi connectivity index (χ2v) is 5.12. The quantitative estimate of drug-likeness (QED) is 0.649. The molecule has 0 aliphatic heterocycles. The van der Waals surface area contributed by atoms with Crippen LogP contribution in [0.15, 0.2) is 0 Å². The molecule has 1 aliphatic rings. The second-order valence-electron chi connectivity index (χ2n) is 3.83. The first-order valence-corrected chi connectivity index (χ1v) is 5.93. The molecule has 0 aromatic carbocycles. The number of hydrogen-bond donors (Lipinski definition) is 0. The monoisotopic (exact) mass is 236 g/mol. The van der Waals surface area contributed by atoms with E-state index in [1.807, 2.05) is 0 Å². The predicted octanol–water partition coefficient (Wildman–Crippen LogP) is 4.08. The third-order valence-corrected chi connectivity index (χ3v) is 3.56. The van der Waals surface area contributed by atoms with Gasteiger partial charge in [-0.1, -0.05) is 35.7 Å². The Morgan fingerprint density at radius 3 is 2.83 bits per heavy atom.